The zero-order chi connectivity index (χ0) is 21.9. The molecule has 0 unspecified atom stereocenters. The van der Waals surface area contributed by atoms with Crippen LogP contribution in [0.3, 0.4) is 0 Å². The van der Waals surface area contributed by atoms with Gasteiger partial charge in [0.15, 0.2) is 0 Å². The Bertz CT molecular complexity index is 1400. The van der Waals surface area contributed by atoms with Crippen molar-refractivity contribution in [2.75, 3.05) is 5.32 Å². The molecule has 0 amide bonds. The molecule has 0 bridgehead atoms. The Morgan fingerprint density at radius 2 is 1.72 bits per heavy atom. The van der Waals surface area contributed by atoms with E-state index in [9.17, 15) is 4.39 Å². The first-order chi connectivity index (χ1) is 15.7. The van der Waals surface area contributed by atoms with Gasteiger partial charge in [-0.2, -0.15) is 0 Å². The topological polar surface area (TPSA) is 76.5 Å². The van der Waals surface area contributed by atoms with Gasteiger partial charge >= 0.3 is 0 Å². The van der Waals surface area contributed by atoms with Crippen molar-refractivity contribution in [3.05, 3.63) is 96.7 Å². The van der Waals surface area contributed by atoms with Crippen molar-refractivity contribution in [2.45, 2.75) is 13.5 Å². The minimum Gasteiger partial charge on any atom is -0.365 e. The highest BCUT2D eigenvalue weighted by atomic mass is 19.1. The third-order valence-electron chi connectivity index (χ3n) is 5.18. The highest BCUT2D eigenvalue weighted by Crippen LogP contribution is 2.26. The van der Waals surface area contributed by atoms with Crippen LogP contribution in [0.15, 0.2) is 79.6 Å². The summed E-state index contributed by atoms with van der Waals surface area (Å²) in [4.78, 5) is 21.5. The Morgan fingerprint density at radius 3 is 2.53 bits per heavy atom. The van der Waals surface area contributed by atoms with Crippen molar-refractivity contribution in [1.82, 2.24) is 24.9 Å². The van der Waals surface area contributed by atoms with Crippen LogP contribution in [0.25, 0.3) is 33.3 Å². The number of benzene rings is 1. The van der Waals surface area contributed by atoms with Gasteiger partial charge in [0.25, 0.3) is 0 Å². The van der Waals surface area contributed by atoms with E-state index in [0.29, 0.717) is 23.6 Å². The minimum atomic E-state index is -0.268. The molecule has 1 aromatic carbocycles. The van der Waals surface area contributed by atoms with E-state index in [0.717, 1.165) is 33.3 Å². The maximum absolute atomic E-state index is 14.8. The molecule has 0 atom stereocenters. The summed E-state index contributed by atoms with van der Waals surface area (Å²) >= 11 is 0. The second-order valence-electron chi connectivity index (χ2n) is 7.39. The fraction of sp³-hybridized carbons (Fsp3) is 0.0800. The Labute approximate surface area is 184 Å². The summed E-state index contributed by atoms with van der Waals surface area (Å²) in [6, 6.07) is 12.8. The molecule has 156 valence electrons. The number of aryl methyl sites for hydroxylation is 1. The molecular weight excluding hydrogens is 403 g/mol. The number of nitrogens with zero attached hydrogens (tertiary/aromatic N) is 5. The number of fused-ring (bicyclic) bond motifs is 1. The molecule has 1 N–H and O–H groups in total. The number of anilines is 1. The molecule has 7 heteroatoms. The van der Waals surface area contributed by atoms with Crippen LogP contribution in [-0.2, 0) is 6.54 Å². The summed E-state index contributed by atoms with van der Waals surface area (Å²) in [5.41, 5.74) is 4.50. The largest absolute Gasteiger partial charge is 0.365 e. The van der Waals surface area contributed by atoms with Crippen LogP contribution in [0.2, 0.25) is 0 Å². The second-order valence-corrected chi connectivity index (χ2v) is 7.39. The minimum absolute atomic E-state index is 0.268. The molecule has 5 rings (SSSR count). The van der Waals surface area contributed by atoms with Crippen molar-refractivity contribution in [3.63, 3.8) is 0 Å². The van der Waals surface area contributed by atoms with E-state index in [1.807, 2.05) is 37.3 Å². The van der Waals surface area contributed by atoms with E-state index >= 15 is 0 Å². The lowest BCUT2D eigenvalue weighted by molar-refractivity contribution is 0.629. The van der Waals surface area contributed by atoms with Crippen LogP contribution in [0.5, 0.6) is 0 Å². The lowest BCUT2D eigenvalue weighted by Gasteiger charge is -2.11. The van der Waals surface area contributed by atoms with Gasteiger partial charge in [-0.05, 0) is 53.8 Å². The molecule has 0 fully saturated rings. The Morgan fingerprint density at radius 1 is 0.812 bits per heavy atom. The number of rotatable bonds is 5. The van der Waals surface area contributed by atoms with Crippen LogP contribution in [-0.4, -0.2) is 24.9 Å². The van der Waals surface area contributed by atoms with E-state index in [1.54, 1.807) is 49.3 Å². The van der Waals surface area contributed by atoms with E-state index < -0.39 is 0 Å². The summed E-state index contributed by atoms with van der Waals surface area (Å²) in [6.45, 7) is 2.33. The van der Waals surface area contributed by atoms with E-state index in [4.69, 9.17) is 0 Å². The van der Waals surface area contributed by atoms with Gasteiger partial charge in [-0.3, -0.25) is 19.9 Å². The highest BCUT2D eigenvalue weighted by Gasteiger charge is 2.09. The molecule has 0 saturated carbocycles. The average Bonchev–Trinajstić information content (AvgIpc) is 2.83. The fourth-order valence-electron chi connectivity index (χ4n) is 3.58. The number of nitrogens with one attached hydrogen (secondary N) is 1. The molecule has 0 aliphatic heterocycles. The van der Waals surface area contributed by atoms with Crippen molar-refractivity contribution >= 4 is 16.6 Å². The molecule has 0 radical (unpaired) electrons. The summed E-state index contributed by atoms with van der Waals surface area (Å²) < 4.78 is 14.8. The van der Waals surface area contributed by atoms with Gasteiger partial charge in [0.1, 0.15) is 17.3 Å². The lowest BCUT2D eigenvalue weighted by atomic mass is 10.0. The van der Waals surface area contributed by atoms with Gasteiger partial charge < -0.3 is 5.32 Å². The molecule has 0 saturated heterocycles. The molecule has 4 heterocycles. The third kappa shape index (κ3) is 4.00. The van der Waals surface area contributed by atoms with Crippen molar-refractivity contribution in [3.8, 4) is 22.5 Å². The first kappa shape index (κ1) is 19.7. The molecular formula is C25H19FN6. The van der Waals surface area contributed by atoms with E-state index in [2.05, 4.69) is 30.2 Å². The number of aromatic nitrogens is 5. The fourth-order valence-corrected chi connectivity index (χ4v) is 3.58. The SMILES string of the molecule is Cc1cc(-c2ccc(CNc3nccc4cc(-c5cnccn5)ncc34)cc2F)ccn1. The lowest BCUT2D eigenvalue weighted by Crippen LogP contribution is -2.03. The number of pyridine rings is 3. The van der Waals surface area contributed by atoms with Crippen LogP contribution >= 0.6 is 0 Å². The van der Waals surface area contributed by atoms with Crippen LogP contribution < -0.4 is 5.32 Å². The van der Waals surface area contributed by atoms with Gasteiger partial charge in [-0.1, -0.05) is 12.1 Å². The second kappa shape index (κ2) is 8.47. The first-order valence-electron chi connectivity index (χ1n) is 10.1. The summed E-state index contributed by atoms with van der Waals surface area (Å²) in [6.07, 6.45) is 10.1. The molecule has 4 aromatic heterocycles. The smallest absolute Gasteiger partial charge is 0.135 e. The molecule has 0 aliphatic rings. The predicted octanol–water partition coefficient (Wildman–Crippen LogP) is 5.21. The van der Waals surface area contributed by atoms with E-state index in [1.165, 1.54) is 0 Å². The van der Waals surface area contributed by atoms with Crippen LogP contribution in [0.1, 0.15) is 11.3 Å². The monoisotopic (exact) mass is 422 g/mol. The van der Waals surface area contributed by atoms with Gasteiger partial charge in [-0.15, -0.1) is 0 Å². The van der Waals surface area contributed by atoms with Crippen LogP contribution in [0, 0.1) is 12.7 Å². The Balaban J connectivity index is 1.38. The van der Waals surface area contributed by atoms with Crippen molar-refractivity contribution < 1.29 is 4.39 Å². The van der Waals surface area contributed by atoms with Gasteiger partial charge in [0.05, 0.1) is 11.9 Å². The standard InChI is InChI=1S/C25H19FN6/c1-16-10-18(4-6-28-16)20-3-2-17(11-22(20)26)13-32-25-21-14-31-23(12-19(21)5-7-30-25)24-15-27-8-9-29-24/h2-12,14-15H,13H2,1H3,(H,30,32). The normalized spacial score (nSPS) is 10.9. The Hall–Kier alpha value is -4.26. The first-order valence-corrected chi connectivity index (χ1v) is 10.1. The van der Waals surface area contributed by atoms with E-state index in [-0.39, 0.29) is 5.82 Å². The maximum Gasteiger partial charge on any atom is 0.135 e. The Kier molecular flexibility index (Phi) is 5.21. The number of hydrogen-bond donors (Lipinski definition) is 1. The average molecular weight is 422 g/mol. The van der Waals surface area contributed by atoms with Crippen molar-refractivity contribution in [1.29, 1.82) is 0 Å². The highest BCUT2D eigenvalue weighted by molar-refractivity contribution is 5.92. The number of hydrogen-bond acceptors (Lipinski definition) is 6. The quantitative estimate of drug-likeness (QED) is 0.419. The molecule has 6 nitrogen and oxygen atoms in total. The molecule has 32 heavy (non-hydrogen) atoms. The maximum atomic E-state index is 14.8. The van der Waals surface area contributed by atoms with Crippen molar-refractivity contribution in [2.24, 2.45) is 0 Å². The number of halogens is 1. The summed E-state index contributed by atoms with van der Waals surface area (Å²) in [7, 11) is 0. The van der Waals surface area contributed by atoms with Gasteiger partial charge in [0, 0.05) is 54.2 Å². The molecule has 0 spiro atoms. The predicted molar refractivity (Wildman–Crippen MR) is 122 cm³/mol. The third-order valence-corrected chi connectivity index (χ3v) is 5.18. The van der Waals surface area contributed by atoms with Crippen LogP contribution in [0.4, 0.5) is 10.2 Å². The summed E-state index contributed by atoms with van der Waals surface area (Å²) in [5.74, 6) is 0.422. The molecule has 5 aromatic rings. The summed E-state index contributed by atoms with van der Waals surface area (Å²) in [5, 5.41) is 5.16. The molecule has 0 aliphatic carbocycles. The van der Waals surface area contributed by atoms with Gasteiger partial charge in [0.2, 0.25) is 0 Å². The van der Waals surface area contributed by atoms with Gasteiger partial charge in [-0.25, -0.2) is 9.37 Å². The zero-order valence-electron chi connectivity index (χ0n) is 17.3. The zero-order valence-corrected chi connectivity index (χ0v) is 17.3.